The van der Waals surface area contributed by atoms with Gasteiger partial charge in [-0.2, -0.15) is 0 Å². The van der Waals surface area contributed by atoms with Crippen LogP contribution in [0.2, 0.25) is 0 Å². The molecular formula is C40H35N. The van der Waals surface area contributed by atoms with Crippen molar-refractivity contribution in [2.75, 3.05) is 0 Å². The molecule has 200 valence electrons. The third kappa shape index (κ3) is 4.37. The maximum Gasteiger partial charge on any atom is 0.0715 e. The molecule has 1 heterocycles. The highest BCUT2D eigenvalue weighted by atomic mass is 14.7. The van der Waals surface area contributed by atoms with Crippen LogP contribution in [-0.4, -0.2) is 4.98 Å². The zero-order valence-electron chi connectivity index (χ0n) is 24.3. The minimum Gasteiger partial charge on any atom is -0.248 e. The van der Waals surface area contributed by atoms with Crippen LogP contribution in [0.25, 0.3) is 50.3 Å². The van der Waals surface area contributed by atoms with Gasteiger partial charge in [0.25, 0.3) is 0 Å². The highest BCUT2D eigenvalue weighted by Gasteiger charge is 2.36. The molecule has 7 rings (SSSR count). The summed E-state index contributed by atoms with van der Waals surface area (Å²) >= 11 is 0. The van der Waals surface area contributed by atoms with Gasteiger partial charge in [-0.1, -0.05) is 105 Å². The second-order valence-electron chi connectivity index (χ2n) is 12.0. The van der Waals surface area contributed by atoms with Gasteiger partial charge in [-0.3, -0.25) is 0 Å². The van der Waals surface area contributed by atoms with Crippen LogP contribution in [0.5, 0.6) is 0 Å². The maximum atomic E-state index is 5.22. The molecule has 4 aromatic carbocycles. The Morgan fingerprint density at radius 3 is 2.05 bits per heavy atom. The molecule has 0 saturated heterocycles. The van der Waals surface area contributed by atoms with Gasteiger partial charge in [0.15, 0.2) is 0 Å². The molecule has 2 aliphatic rings. The first-order valence-corrected chi connectivity index (χ1v) is 14.7. The van der Waals surface area contributed by atoms with Gasteiger partial charge in [-0.05, 0) is 107 Å². The summed E-state index contributed by atoms with van der Waals surface area (Å²) in [5.74, 6) is 0. The predicted octanol–water partition coefficient (Wildman–Crippen LogP) is 10.7. The fraction of sp³-hybridized carbons (Fsp3) is 0.175. The minimum atomic E-state index is -0.0729. The van der Waals surface area contributed by atoms with Crippen LogP contribution in [0.15, 0.2) is 115 Å². The number of fused-ring (bicyclic) bond motifs is 3. The molecule has 0 aliphatic heterocycles. The van der Waals surface area contributed by atoms with E-state index >= 15 is 0 Å². The van der Waals surface area contributed by atoms with Crippen LogP contribution in [-0.2, 0) is 5.41 Å². The number of aromatic nitrogens is 1. The summed E-state index contributed by atoms with van der Waals surface area (Å²) in [7, 11) is 0. The van der Waals surface area contributed by atoms with E-state index in [4.69, 9.17) is 4.98 Å². The molecular weight excluding hydrogens is 494 g/mol. The molecule has 41 heavy (non-hydrogen) atoms. The average Bonchev–Trinajstić information content (AvgIpc) is 3.22. The fourth-order valence-corrected chi connectivity index (χ4v) is 6.66. The normalized spacial score (nSPS) is 14.9. The molecule has 0 bridgehead atoms. The summed E-state index contributed by atoms with van der Waals surface area (Å²) in [5.41, 5.74) is 17.5. The molecule has 0 spiro atoms. The predicted molar refractivity (Wildman–Crippen MR) is 174 cm³/mol. The van der Waals surface area contributed by atoms with Gasteiger partial charge in [0.1, 0.15) is 0 Å². The van der Waals surface area contributed by atoms with E-state index in [0.29, 0.717) is 0 Å². The van der Waals surface area contributed by atoms with Gasteiger partial charge in [-0.15, -0.1) is 0 Å². The molecule has 1 aromatic heterocycles. The monoisotopic (exact) mass is 529 g/mol. The summed E-state index contributed by atoms with van der Waals surface area (Å²) in [6.07, 6.45) is 9.08. The van der Waals surface area contributed by atoms with Crippen molar-refractivity contribution in [3.8, 4) is 44.8 Å². The Balaban J connectivity index is 1.38. The Bertz CT molecular complexity index is 1870. The van der Waals surface area contributed by atoms with Crippen LogP contribution in [0.1, 0.15) is 54.5 Å². The maximum absolute atomic E-state index is 5.22. The van der Waals surface area contributed by atoms with Crippen molar-refractivity contribution in [3.63, 3.8) is 0 Å². The molecule has 0 N–H and O–H groups in total. The summed E-state index contributed by atoms with van der Waals surface area (Å²) in [5, 5.41) is 0. The summed E-state index contributed by atoms with van der Waals surface area (Å²) < 4.78 is 0. The zero-order valence-corrected chi connectivity index (χ0v) is 24.3. The van der Waals surface area contributed by atoms with E-state index in [9.17, 15) is 0 Å². The summed E-state index contributed by atoms with van der Waals surface area (Å²) in [4.78, 5) is 5.22. The number of rotatable bonds is 4. The van der Waals surface area contributed by atoms with Gasteiger partial charge in [0.2, 0.25) is 0 Å². The lowest BCUT2D eigenvalue weighted by Crippen LogP contribution is -2.15. The molecule has 0 fully saturated rings. The molecule has 5 aromatic rings. The number of hydrogen-bond acceptors (Lipinski definition) is 1. The SMILES string of the molecule is Cc1ccccc1-c1cc2c(cc1C)-c1cc(-c3cc(C4=CCCC=C4)cc(-c4ccccc4)n3)ccc1C2(C)C. The van der Waals surface area contributed by atoms with Crippen molar-refractivity contribution >= 4 is 5.57 Å². The molecule has 1 nitrogen and oxygen atoms in total. The zero-order chi connectivity index (χ0) is 28.1. The topological polar surface area (TPSA) is 12.9 Å². The number of pyridine rings is 1. The highest BCUT2D eigenvalue weighted by Crippen LogP contribution is 2.51. The van der Waals surface area contributed by atoms with Crippen molar-refractivity contribution in [1.29, 1.82) is 0 Å². The third-order valence-electron chi connectivity index (χ3n) is 8.98. The van der Waals surface area contributed by atoms with Crippen molar-refractivity contribution in [2.24, 2.45) is 0 Å². The largest absolute Gasteiger partial charge is 0.248 e. The van der Waals surface area contributed by atoms with E-state index in [1.807, 2.05) is 0 Å². The number of nitrogens with zero attached hydrogens (tertiary/aromatic N) is 1. The third-order valence-corrected chi connectivity index (χ3v) is 8.98. The van der Waals surface area contributed by atoms with E-state index in [1.165, 1.54) is 55.6 Å². The van der Waals surface area contributed by atoms with Crippen LogP contribution in [0.4, 0.5) is 0 Å². The first-order valence-electron chi connectivity index (χ1n) is 14.7. The highest BCUT2D eigenvalue weighted by molar-refractivity contribution is 5.88. The van der Waals surface area contributed by atoms with E-state index < -0.39 is 0 Å². The molecule has 0 radical (unpaired) electrons. The van der Waals surface area contributed by atoms with Gasteiger partial charge in [-0.25, -0.2) is 4.98 Å². The Hall–Kier alpha value is -4.49. The number of hydrogen-bond donors (Lipinski definition) is 0. The van der Waals surface area contributed by atoms with Gasteiger partial charge in [0.05, 0.1) is 11.4 Å². The summed E-state index contributed by atoms with van der Waals surface area (Å²) in [6.45, 7) is 9.18. The first-order chi connectivity index (χ1) is 19.9. The molecule has 0 saturated carbocycles. The Morgan fingerprint density at radius 1 is 0.561 bits per heavy atom. The smallest absolute Gasteiger partial charge is 0.0715 e. The van der Waals surface area contributed by atoms with Gasteiger partial charge >= 0.3 is 0 Å². The van der Waals surface area contributed by atoms with Gasteiger partial charge in [0, 0.05) is 16.5 Å². The molecule has 1 heteroatoms. The van der Waals surface area contributed by atoms with E-state index in [1.54, 1.807) is 0 Å². The Morgan fingerprint density at radius 2 is 1.29 bits per heavy atom. The lowest BCUT2D eigenvalue weighted by molar-refractivity contribution is 0.660. The molecule has 0 unspecified atom stereocenters. The second kappa shape index (κ2) is 9.85. The van der Waals surface area contributed by atoms with E-state index in [2.05, 4.69) is 143 Å². The standard InChI is InChI=1S/C40H35N/c1-26-13-11-12-18-32(26)33-25-37-34(21-27(33)2)35-22-30(19-20-36(35)40(37,3)4)39-24-31(28-14-7-5-8-15-28)23-38(41-39)29-16-9-6-10-17-29/h6-7,9-25H,5,8H2,1-4H3. The van der Waals surface area contributed by atoms with Crippen LogP contribution in [0.3, 0.4) is 0 Å². The lowest BCUT2D eigenvalue weighted by Gasteiger charge is -2.23. The number of aryl methyl sites for hydroxylation is 2. The van der Waals surface area contributed by atoms with Crippen molar-refractivity contribution in [2.45, 2.75) is 46.0 Å². The summed E-state index contributed by atoms with van der Waals surface area (Å²) in [6, 6.07) is 35.6. The average molecular weight is 530 g/mol. The molecule has 0 atom stereocenters. The molecule has 0 amide bonds. The van der Waals surface area contributed by atoms with Crippen LogP contribution >= 0.6 is 0 Å². The van der Waals surface area contributed by atoms with Crippen LogP contribution < -0.4 is 0 Å². The fourth-order valence-electron chi connectivity index (χ4n) is 6.66. The lowest BCUT2D eigenvalue weighted by atomic mass is 9.80. The quantitative estimate of drug-likeness (QED) is 0.226. The Labute approximate surface area is 244 Å². The van der Waals surface area contributed by atoms with E-state index in [0.717, 1.165) is 35.4 Å². The van der Waals surface area contributed by atoms with Gasteiger partial charge < -0.3 is 0 Å². The second-order valence-corrected chi connectivity index (χ2v) is 12.0. The van der Waals surface area contributed by atoms with Crippen molar-refractivity contribution in [1.82, 2.24) is 4.98 Å². The van der Waals surface area contributed by atoms with Crippen molar-refractivity contribution < 1.29 is 0 Å². The minimum absolute atomic E-state index is 0.0729. The number of allylic oxidation sites excluding steroid dienone is 4. The number of benzene rings is 4. The molecule has 2 aliphatic carbocycles. The van der Waals surface area contributed by atoms with E-state index in [-0.39, 0.29) is 5.41 Å². The Kier molecular flexibility index (Phi) is 6.12. The first kappa shape index (κ1) is 25.5. The van der Waals surface area contributed by atoms with Crippen LogP contribution in [0, 0.1) is 13.8 Å². The van der Waals surface area contributed by atoms with Crippen molar-refractivity contribution in [3.05, 3.63) is 143 Å².